The topological polar surface area (TPSA) is 35.5 Å². The molecule has 0 aromatic rings. The Kier molecular flexibility index (Phi) is 4.95. The van der Waals surface area contributed by atoms with Gasteiger partial charge in [0.25, 0.3) is 0 Å². The molecule has 1 aliphatic heterocycles. The van der Waals surface area contributed by atoms with Gasteiger partial charge in [-0.25, -0.2) is 4.79 Å². The first kappa shape index (κ1) is 13.2. The molecule has 1 heterocycles. The van der Waals surface area contributed by atoms with Crippen molar-refractivity contribution in [3.05, 3.63) is 24.8 Å². The predicted octanol–water partition coefficient (Wildman–Crippen LogP) is 0.924. The maximum absolute atomic E-state index is 11.5. The van der Waals surface area contributed by atoms with Crippen LogP contribution in [0.25, 0.3) is 0 Å². The van der Waals surface area contributed by atoms with Crippen molar-refractivity contribution < 1.29 is 14.3 Å². The summed E-state index contributed by atoms with van der Waals surface area (Å²) in [5.41, 5.74) is 0.513. The molecule has 3 nitrogen and oxygen atoms in total. The molecule has 0 radical (unpaired) electrons. The van der Waals surface area contributed by atoms with Gasteiger partial charge >= 0.3 is 5.97 Å². The van der Waals surface area contributed by atoms with Crippen LogP contribution in [-0.2, 0) is 14.3 Å². The van der Waals surface area contributed by atoms with E-state index in [1.807, 2.05) is 0 Å². The number of hydrogen-bond acceptors (Lipinski definition) is 3. The molecule has 1 aliphatic rings. The Bertz CT molecular complexity index is 280. The molecule has 0 saturated carbocycles. The molecule has 0 aliphatic carbocycles. The number of rotatable bonds is 5. The van der Waals surface area contributed by atoms with E-state index in [2.05, 4.69) is 13.2 Å². The van der Waals surface area contributed by atoms with Gasteiger partial charge in [-0.3, -0.25) is 0 Å². The molecular weight excluding hydrogens is 220 g/mol. The van der Waals surface area contributed by atoms with Crippen LogP contribution in [0.15, 0.2) is 24.8 Å². The Hall–Kier alpha value is -0.873. The van der Waals surface area contributed by atoms with Crippen LogP contribution in [0.5, 0.6) is 0 Å². The first-order valence-electron chi connectivity index (χ1n) is 5.67. The van der Waals surface area contributed by atoms with Crippen LogP contribution < -0.4 is 0 Å². The van der Waals surface area contributed by atoms with E-state index in [1.54, 1.807) is 6.08 Å². The highest BCUT2D eigenvalue weighted by Gasteiger charge is 2.30. The SMILES string of the molecule is C=CCOC(=O)C(=C)CC1([SiH3])CCCCO1. The summed E-state index contributed by atoms with van der Waals surface area (Å²) in [6.07, 6.45) is 5.50. The van der Waals surface area contributed by atoms with Crippen LogP contribution in [0.2, 0.25) is 0 Å². The fourth-order valence-electron chi connectivity index (χ4n) is 1.89. The lowest BCUT2D eigenvalue weighted by Gasteiger charge is -2.34. The molecule has 1 fully saturated rings. The van der Waals surface area contributed by atoms with E-state index in [9.17, 15) is 4.79 Å². The van der Waals surface area contributed by atoms with E-state index in [4.69, 9.17) is 9.47 Å². The van der Waals surface area contributed by atoms with E-state index >= 15 is 0 Å². The molecule has 1 atom stereocenters. The second kappa shape index (κ2) is 6.01. The van der Waals surface area contributed by atoms with Gasteiger partial charge in [0.05, 0.1) is 5.22 Å². The van der Waals surface area contributed by atoms with Crippen LogP contribution in [0.3, 0.4) is 0 Å². The molecule has 0 amide bonds. The van der Waals surface area contributed by atoms with E-state index < -0.39 is 0 Å². The Balaban J connectivity index is 2.42. The molecule has 0 aromatic carbocycles. The monoisotopic (exact) mass is 240 g/mol. The summed E-state index contributed by atoms with van der Waals surface area (Å²) >= 11 is 0. The molecule has 1 unspecified atom stereocenters. The summed E-state index contributed by atoms with van der Waals surface area (Å²) in [6.45, 7) is 8.32. The number of carbonyl (C=O) groups is 1. The van der Waals surface area contributed by atoms with Crippen LogP contribution in [0, 0.1) is 0 Å². The van der Waals surface area contributed by atoms with Gasteiger partial charge in [-0.15, -0.1) is 0 Å². The van der Waals surface area contributed by atoms with Crippen molar-refractivity contribution in [1.29, 1.82) is 0 Å². The third-order valence-electron chi connectivity index (χ3n) is 2.76. The Morgan fingerprint density at radius 3 is 2.88 bits per heavy atom. The summed E-state index contributed by atoms with van der Waals surface area (Å²) < 4.78 is 10.7. The Labute approximate surface area is 99.9 Å². The van der Waals surface area contributed by atoms with Crippen LogP contribution in [0.4, 0.5) is 0 Å². The van der Waals surface area contributed by atoms with E-state index in [1.165, 1.54) is 6.42 Å². The van der Waals surface area contributed by atoms with Gasteiger partial charge in [0.15, 0.2) is 0 Å². The fraction of sp³-hybridized carbons (Fsp3) is 0.583. The number of ether oxygens (including phenoxy) is 2. The highest BCUT2D eigenvalue weighted by molar-refractivity contribution is 6.15. The quantitative estimate of drug-likeness (QED) is 0.310. The maximum Gasteiger partial charge on any atom is 0.333 e. The van der Waals surface area contributed by atoms with Crippen molar-refractivity contribution in [1.82, 2.24) is 0 Å². The molecule has 90 valence electrons. The molecule has 1 saturated heterocycles. The highest BCUT2D eigenvalue weighted by Crippen LogP contribution is 2.27. The third kappa shape index (κ3) is 3.94. The largest absolute Gasteiger partial charge is 0.458 e. The normalized spacial score (nSPS) is 25.0. The van der Waals surface area contributed by atoms with Gasteiger partial charge in [0, 0.05) is 28.8 Å². The highest BCUT2D eigenvalue weighted by atomic mass is 28.1. The molecule has 0 spiro atoms. The summed E-state index contributed by atoms with van der Waals surface area (Å²) in [7, 11) is 0.918. The van der Waals surface area contributed by atoms with Gasteiger partial charge in [-0.2, -0.15) is 0 Å². The third-order valence-corrected chi connectivity index (χ3v) is 3.90. The zero-order valence-corrected chi connectivity index (χ0v) is 12.0. The van der Waals surface area contributed by atoms with Crippen molar-refractivity contribution in [2.45, 2.75) is 30.9 Å². The second-order valence-corrected chi connectivity index (χ2v) is 6.25. The number of carbonyl (C=O) groups excluding carboxylic acids is 1. The minimum Gasteiger partial charge on any atom is -0.458 e. The first-order chi connectivity index (χ1) is 7.57. The summed E-state index contributed by atoms with van der Waals surface area (Å²) in [5, 5.41) is -0.109. The molecule has 1 rings (SSSR count). The van der Waals surface area contributed by atoms with Gasteiger partial charge in [-0.05, 0) is 19.3 Å². The first-order valence-corrected chi connectivity index (χ1v) is 6.67. The summed E-state index contributed by atoms with van der Waals surface area (Å²) in [4.78, 5) is 11.5. The average molecular weight is 240 g/mol. The van der Waals surface area contributed by atoms with E-state index in [-0.39, 0.29) is 17.8 Å². The lowest BCUT2D eigenvalue weighted by molar-refractivity contribution is -0.138. The van der Waals surface area contributed by atoms with Crippen LogP contribution >= 0.6 is 0 Å². The van der Waals surface area contributed by atoms with E-state index in [0.29, 0.717) is 12.0 Å². The lowest BCUT2D eigenvalue weighted by Crippen LogP contribution is -2.38. The second-order valence-electron chi connectivity index (χ2n) is 4.42. The van der Waals surface area contributed by atoms with Gasteiger partial charge in [-0.1, -0.05) is 19.2 Å². The standard InChI is InChI=1S/C12H20O3Si/c1-3-7-14-11(13)10(2)9-12(16)6-4-5-8-15-12/h3H,1-2,4-9H2,16H3. The molecule has 0 bridgehead atoms. The fourth-order valence-corrected chi connectivity index (χ4v) is 2.88. The summed E-state index contributed by atoms with van der Waals surface area (Å²) in [5.74, 6) is -0.329. The lowest BCUT2D eigenvalue weighted by atomic mass is 10.0. The van der Waals surface area contributed by atoms with E-state index in [0.717, 1.165) is 29.7 Å². The zero-order chi connectivity index (χ0) is 12.0. The van der Waals surface area contributed by atoms with Crippen LogP contribution in [0.1, 0.15) is 25.7 Å². The van der Waals surface area contributed by atoms with Gasteiger partial charge in [0.1, 0.15) is 6.61 Å². The van der Waals surface area contributed by atoms with Crippen molar-refractivity contribution >= 4 is 16.2 Å². The Morgan fingerprint density at radius 2 is 2.31 bits per heavy atom. The Morgan fingerprint density at radius 1 is 1.56 bits per heavy atom. The van der Waals surface area contributed by atoms with Crippen molar-refractivity contribution in [2.75, 3.05) is 13.2 Å². The molecule has 0 aromatic heterocycles. The van der Waals surface area contributed by atoms with Gasteiger partial charge < -0.3 is 9.47 Å². The zero-order valence-electron chi connectivity index (χ0n) is 9.96. The minimum absolute atomic E-state index is 0.109. The summed E-state index contributed by atoms with van der Waals surface area (Å²) in [6, 6.07) is 0. The maximum atomic E-state index is 11.5. The van der Waals surface area contributed by atoms with Crippen molar-refractivity contribution in [2.24, 2.45) is 0 Å². The van der Waals surface area contributed by atoms with Crippen molar-refractivity contribution in [3.63, 3.8) is 0 Å². The number of esters is 1. The molecule has 4 heteroatoms. The minimum atomic E-state index is -0.329. The smallest absolute Gasteiger partial charge is 0.333 e. The number of hydrogen-bond donors (Lipinski definition) is 0. The van der Waals surface area contributed by atoms with Gasteiger partial charge in [0.2, 0.25) is 0 Å². The molecule has 0 N–H and O–H groups in total. The van der Waals surface area contributed by atoms with Crippen molar-refractivity contribution in [3.8, 4) is 0 Å². The predicted molar refractivity (Wildman–Crippen MR) is 67.4 cm³/mol. The van der Waals surface area contributed by atoms with Crippen LogP contribution in [-0.4, -0.2) is 34.6 Å². The molecule has 16 heavy (non-hydrogen) atoms. The average Bonchev–Trinajstić information content (AvgIpc) is 2.26. The molecular formula is C12H20O3Si.